The van der Waals surface area contributed by atoms with Crippen molar-refractivity contribution in [3.8, 4) is 11.1 Å². The van der Waals surface area contributed by atoms with E-state index in [0.717, 1.165) is 6.42 Å². The summed E-state index contributed by atoms with van der Waals surface area (Å²) in [6.45, 7) is 11.5. The molecule has 0 aliphatic heterocycles. The van der Waals surface area contributed by atoms with E-state index in [1.807, 2.05) is 40.6 Å². The van der Waals surface area contributed by atoms with Crippen molar-refractivity contribution in [1.29, 1.82) is 0 Å². The van der Waals surface area contributed by atoms with Gasteiger partial charge in [0.05, 0.1) is 0 Å². The molecule has 0 saturated heterocycles. The van der Waals surface area contributed by atoms with Crippen LogP contribution in [0, 0.1) is 19.4 Å². The van der Waals surface area contributed by atoms with E-state index in [1.165, 1.54) is 78.0 Å². The molecule has 223 valence electrons. The van der Waals surface area contributed by atoms with Crippen LogP contribution >= 0.6 is 0 Å². The van der Waals surface area contributed by atoms with E-state index >= 15 is 0 Å². The van der Waals surface area contributed by atoms with Crippen LogP contribution in [-0.2, 0) is 25.8 Å². The maximum Gasteiger partial charge on any atom is 0.0477 e. The second-order valence-corrected chi connectivity index (χ2v) is 11.1. The molecule has 1 radical (unpaired) electrons. The van der Waals surface area contributed by atoms with Gasteiger partial charge in [0.1, 0.15) is 0 Å². The van der Waals surface area contributed by atoms with Crippen LogP contribution in [0.5, 0.6) is 0 Å². The van der Waals surface area contributed by atoms with Crippen molar-refractivity contribution in [3.63, 3.8) is 0 Å². The van der Waals surface area contributed by atoms with Crippen LogP contribution in [0.4, 0.5) is 0 Å². The van der Waals surface area contributed by atoms with Crippen molar-refractivity contribution >= 4 is 15.4 Å². The first-order valence-corrected chi connectivity index (χ1v) is 15.5. The Balaban J connectivity index is 0. The minimum Gasteiger partial charge on any atom is -0.677 e. The molecule has 0 amide bonds. The van der Waals surface area contributed by atoms with Crippen molar-refractivity contribution in [3.05, 3.63) is 127 Å². The van der Waals surface area contributed by atoms with Crippen LogP contribution in [0.2, 0.25) is 0 Å². The van der Waals surface area contributed by atoms with Gasteiger partial charge in [-0.05, 0) is 11.1 Å². The van der Waals surface area contributed by atoms with E-state index in [-0.39, 0.29) is 33.3 Å². The maximum atomic E-state index is 6.95. The van der Waals surface area contributed by atoms with Gasteiger partial charge in [-0.2, -0.15) is 17.7 Å². The second kappa shape index (κ2) is 27.0. The molecule has 1 N–H and O–H groups in total. The molecule has 1 unspecified atom stereocenters. The molecular formula is C38H55HfNSi-3. The first-order chi connectivity index (χ1) is 18.9. The molecule has 3 aromatic carbocycles. The molecule has 3 heteroatoms. The molecule has 41 heavy (non-hydrogen) atoms. The number of allylic oxidation sites excluding steroid dienone is 4. The number of benzene rings is 3. The van der Waals surface area contributed by atoms with E-state index in [2.05, 4.69) is 101 Å². The molecule has 1 atom stereocenters. The Morgan fingerprint density at radius 1 is 0.659 bits per heavy atom. The first kappa shape index (κ1) is 41.3. The molecule has 0 bridgehead atoms. The molecule has 0 fully saturated rings. The Kier molecular flexibility index (Phi) is 27.3. The zero-order valence-corrected chi connectivity index (χ0v) is 31.8. The summed E-state index contributed by atoms with van der Waals surface area (Å²) in [6, 6.07) is 31.1. The summed E-state index contributed by atoms with van der Waals surface area (Å²) in [5.74, 6) is 0.560. The topological polar surface area (TPSA) is 23.8 Å². The van der Waals surface area contributed by atoms with Crippen molar-refractivity contribution < 1.29 is 25.8 Å². The van der Waals surface area contributed by atoms with Crippen LogP contribution < -0.4 is 5.19 Å². The fourth-order valence-corrected chi connectivity index (χ4v) is 4.43. The maximum absolute atomic E-state index is 6.95. The summed E-state index contributed by atoms with van der Waals surface area (Å²) in [5, 5.41) is 1.35. The van der Waals surface area contributed by atoms with Crippen molar-refractivity contribution in [1.82, 2.24) is 0 Å². The third-order valence-electron chi connectivity index (χ3n) is 6.99. The number of hydrogen-bond acceptors (Lipinski definition) is 0. The molecule has 1 aliphatic carbocycles. The van der Waals surface area contributed by atoms with Gasteiger partial charge in [-0.3, -0.25) is 6.08 Å². The van der Waals surface area contributed by atoms with Crippen LogP contribution in [0.1, 0.15) is 86.0 Å². The predicted molar refractivity (Wildman–Crippen MR) is 185 cm³/mol. The summed E-state index contributed by atoms with van der Waals surface area (Å²) < 4.78 is 0. The molecule has 0 spiro atoms. The minimum absolute atomic E-state index is 0. The van der Waals surface area contributed by atoms with Crippen molar-refractivity contribution in [2.45, 2.75) is 86.0 Å². The number of rotatable bonds is 9. The molecule has 1 nitrogen and oxygen atoms in total. The molecule has 0 saturated carbocycles. The first-order valence-electron chi connectivity index (χ1n) is 14.8. The van der Waals surface area contributed by atoms with Crippen LogP contribution in [0.3, 0.4) is 0 Å². The molecule has 0 heterocycles. The van der Waals surface area contributed by atoms with E-state index in [0.29, 0.717) is 12.5 Å². The number of nitrogens with one attached hydrogen (secondary N) is 1. The van der Waals surface area contributed by atoms with Crippen LogP contribution in [0.15, 0.2) is 108 Å². The third kappa shape index (κ3) is 19.9. The average molecular weight is 732 g/mol. The Bertz CT molecular complexity index is 1000. The summed E-state index contributed by atoms with van der Waals surface area (Å²) in [5.41, 5.74) is 13.7. The van der Waals surface area contributed by atoms with Crippen molar-refractivity contribution in [2.75, 3.05) is 6.54 Å². The van der Waals surface area contributed by atoms with Gasteiger partial charge in [0.15, 0.2) is 0 Å². The molecular weight excluding hydrogens is 677 g/mol. The average Bonchev–Trinajstić information content (AvgIpc) is 3.20. The van der Waals surface area contributed by atoms with Crippen LogP contribution in [0.25, 0.3) is 16.9 Å². The van der Waals surface area contributed by atoms with Gasteiger partial charge < -0.3 is 13.2 Å². The smallest absolute Gasteiger partial charge is 0.0477 e. The van der Waals surface area contributed by atoms with Gasteiger partial charge in [0, 0.05) is 36.1 Å². The van der Waals surface area contributed by atoms with Gasteiger partial charge in [0.25, 0.3) is 0 Å². The quantitative estimate of drug-likeness (QED) is 0.119. The largest absolute Gasteiger partial charge is 0.677 e. The summed E-state index contributed by atoms with van der Waals surface area (Å²) in [6.07, 6.45) is 14.0. The SMILES string of the molecule is CC1=[C-]C(C)C(C)=C1C.CCCCCCCCCC[NH-].[CH3-].[Hf].[SiH2]c1ccccc1.c1ccc(-c2ccccc2)cc1. The fourth-order valence-electron chi connectivity index (χ4n) is 4.16. The molecule has 3 aromatic rings. The minimum atomic E-state index is 0. The Hall–Kier alpha value is -1.81. The van der Waals surface area contributed by atoms with Gasteiger partial charge in [-0.15, -0.1) is 6.92 Å². The monoisotopic (exact) mass is 733 g/mol. The van der Waals surface area contributed by atoms with Gasteiger partial charge in [0.2, 0.25) is 0 Å². The zero-order chi connectivity index (χ0) is 28.7. The molecule has 0 aromatic heterocycles. The van der Waals surface area contributed by atoms with Crippen molar-refractivity contribution in [2.24, 2.45) is 5.92 Å². The molecule has 4 rings (SSSR count). The van der Waals surface area contributed by atoms with Gasteiger partial charge in [-0.25, -0.2) is 5.57 Å². The Morgan fingerprint density at radius 3 is 1.32 bits per heavy atom. The Labute approximate surface area is 276 Å². The summed E-state index contributed by atoms with van der Waals surface area (Å²) in [4.78, 5) is 0. The third-order valence-corrected chi connectivity index (χ3v) is 7.46. The fraction of sp³-hybridized carbons (Fsp3) is 0.395. The van der Waals surface area contributed by atoms with E-state index < -0.39 is 0 Å². The summed E-state index contributed by atoms with van der Waals surface area (Å²) >= 11 is 0. The van der Waals surface area contributed by atoms with Crippen LogP contribution in [-0.4, -0.2) is 16.8 Å². The number of hydrogen-bond donors (Lipinski definition) is 0. The van der Waals surface area contributed by atoms with E-state index in [9.17, 15) is 0 Å². The van der Waals surface area contributed by atoms with Gasteiger partial charge >= 0.3 is 0 Å². The molecule has 1 aliphatic rings. The van der Waals surface area contributed by atoms with E-state index in [4.69, 9.17) is 5.73 Å². The Morgan fingerprint density at radius 2 is 1.05 bits per heavy atom. The zero-order valence-electron chi connectivity index (χ0n) is 26.8. The second-order valence-electron chi connectivity index (χ2n) is 10.2. The standard InChI is InChI=1S/C12H10.C10H22N.C9H13.C6H7Si.CH3.Hf/c1-3-7-11(8-4-1)12-9-5-2-6-10-12;1-2-3-4-5-6-7-8-9-10-11;1-6-5-7(2)9(4)8(6)3;7-6-4-2-1-3-5-6;;/h1-10H;11H,2-10H2,1H3;6H,1-4H3;1-5H,7H2;1H3;/q;2*-1;;-1;. The normalized spacial score (nSPS) is 13.0. The number of unbranched alkanes of at least 4 members (excludes halogenated alkanes) is 7. The van der Waals surface area contributed by atoms with Gasteiger partial charge in [-0.1, -0.05) is 181 Å². The van der Waals surface area contributed by atoms with E-state index in [1.54, 1.807) is 0 Å². The predicted octanol–water partition coefficient (Wildman–Crippen LogP) is 10.6. The summed E-state index contributed by atoms with van der Waals surface area (Å²) in [7, 11) is 1.90.